The second kappa shape index (κ2) is 5.26. The molecule has 0 spiro atoms. The van der Waals surface area contributed by atoms with Crippen molar-refractivity contribution < 1.29 is 4.92 Å². The van der Waals surface area contributed by atoms with Crippen molar-refractivity contribution in [1.82, 2.24) is 15.2 Å². The third kappa shape index (κ3) is 2.62. The second-order valence-electron chi connectivity index (χ2n) is 3.84. The summed E-state index contributed by atoms with van der Waals surface area (Å²) in [4.78, 5) is 14.6. The van der Waals surface area contributed by atoms with E-state index >= 15 is 0 Å². The predicted octanol–water partition coefficient (Wildman–Crippen LogP) is 1.68. The summed E-state index contributed by atoms with van der Waals surface area (Å²) in [6.45, 7) is 2.28. The molecule has 7 heteroatoms. The van der Waals surface area contributed by atoms with Crippen LogP contribution < -0.4 is 5.32 Å². The lowest BCUT2D eigenvalue weighted by Crippen LogP contribution is -2.08. The van der Waals surface area contributed by atoms with Gasteiger partial charge in [0, 0.05) is 18.5 Å². The SMILES string of the molecule is Cc1cccc(NCCc2ncn[nH]2)c1[N+](=O)[O-]. The van der Waals surface area contributed by atoms with Crippen molar-refractivity contribution in [2.75, 3.05) is 11.9 Å². The van der Waals surface area contributed by atoms with E-state index in [9.17, 15) is 10.1 Å². The molecule has 0 atom stereocenters. The van der Waals surface area contributed by atoms with E-state index in [1.807, 2.05) is 0 Å². The molecule has 0 fully saturated rings. The molecule has 0 aliphatic carbocycles. The van der Waals surface area contributed by atoms with Crippen LogP contribution in [0, 0.1) is 17.0 Å². The van der Waals surface area contributed by atoms with Gasteiger partial charge < -0.3 is 5.32 Å². The van der Waals surface area contributed by atoms with Crippen molar-refractivity contribution in [1.29, 1.82) is 0 Å². The van der Waals surface area contributed by atoms with Crippen molar-refractivity contribution in [2.24, 2.45) is 0 Å². The van der Waals surface area contributed by atoms with Crippen molar-refractivity contribution in [3.05, 3.63) is 46.0 Å². The van der Waals surface area contributed by atoms with Gasteiger partial charge in [-0.05, 0) is 13.0 Å². The first kappa shape index (κ1) is 12.0. The van der Waals surface area contributed by atoms with Crippen LogP contribution in [0.4, 0.5) is 11.4 Å². The molecule has 1 heterocycles. The summed E-state index contributed by atoms with van der Waals surface area (Å²) in [6, 6.07) is 5.21. The van der Waals surface area contributed by atoms with E-state index in [4.69, 9.17) is 0 Å². The molecule has 0 aliphatic rings. The van der Waals surface area contributed by atoms with Gasteiger partial charge in [-0.25, -0.2) is 4.98 Å². The number of rotatable bonds is 5. The summed E-state index contributed by atoms with van der Waals surface area (Å²) in [7, 11) is 0. The third-order valence-electron chi connectivity index (χ3n) is 2.56. The highest BCUT2D eigenvalue weighted by molar-refractivity contribution is 5.64. The van der Waals surface area contributed by atoms with Crippen molar-refractivity contribution >= 4 is 11.4 Å². The summed E-state index contributed by atoms with van der Waals surface area (Å²) in [6.07, 6.45) is 2.07. The third-order valence-corrected chi connectivity index (χ3v) is 2.56. The number of H-pyrrole nitrogens is 1. The largest absolute Gasteiger partial charge is 0.379 e. The Morgan fingerprint density at radius 3 is 3.00 bits per heavy atom. The van der Waals surface area contributed by atoms with Crippen LogP contribution in [0.1, 0.15) is 11.4 Å². The first-order chi connectivity index (χ1) is 8.68. The maximum atomic E-state index is 11.0. The van der Waals surface area contributed by atoms with Crippen LogP contribution in [0.5, 0.6) is 0 Å². The molecule has 0 unspecified atom stereocenters. The number of nitro groups is 1. The second-order valence-corrected chi connectivity index (χ2v) is 3.84. The Bertz CT molecular complexity index is 538. The fraction of sp³-hybridized carbons (Fsp3) is 0.273. The van der Waals surface area contributed by atoms with Crippen LogP contribution in [0.25, 0.3) is 0 Å². The summed E-state index contributed by atoms with van der Waals surface area (Å²) in [5, 5.41) is 20.5. The lowest BCUT2D eigenvalue weighted by molar-refractivity contribution is -0.384. The zero-order chi connectivity index (χ0) is 13.0. The van der Waals surface area contributed by atoms with Gasteiger partial charge in [0.15, 0.2) is 0 Å². The Morgan fingerprint density at radius 2 is 2.33 bits per heavy atom. The lowest BCUT2D eigenvalue weighted by atomic mass is 10.1. The minimum absolute atomic E-state index is 0.120. The monoisotopic (exact) mass is 247 g/mol. The van der Waals surface area contributed by atoms with Crippen molar-refractivity contribution in [2.45, 2.75) is 13.3 Å². The number of benzene rings is 1. The van der Waals surface area contributed by atoms with E-state index < -0.39 is 0 Å². The number of aromatic amines is 1. The molecule has 1 aromatic heterocycles. The number of nitro benzene ring substituents is 1. The van der Waals surface area contributed by atoms with Gasteiger partial charge in [0.2, 0.25) is 0 Å². The fourth-order valence-electron chi connectivity index (χ4n) is 1.71. The van der Waals surface area contributed by atoms with Crippen molar-refractivity contribution in [3.63, 3.8) is 0 Å². The Labute approximate surface area is 103 Å². The standard InChI is InChI=1S/C11H13N5O2/c1-8-3-2-4-9(11(8)16(17)18)12-6-5-10-13-7-14-15-10/h2-4,7,12H,5-6H2,1H3,(H,13,14,15). The molecule has 1 aromatic carbocycles. The van der Waals surface area contributed by atoms with Crippen molar-refractivity contribution in [3.8, 4) is 0 Å². The Morgan fingerprint density at radius 1 is 1.50 bits per heavy atom. The molecular weight excluding hydrogens is 234 g/mol. The number of nitrogens with zero attached hydrogens (tertiary/aromatic N) is 3. The topological polar surface area (TPSA) is 96.7 Å². The number of nitrogens with one attached hydrogen (secondary N) is 2. The Balaban J connectivity index is 2.05. The molecule has 7 nitrogen and oxygen atoms in total. The average Bonchev–Trinajstić information content (AvgIpc) is 2.81. The Hall–Kier alpha value is -2.44. The van der Waals surface area contributed by atoms with Crippen LogP contribution in [-0.4, -0.2) is 26.6 Å². The molecule has 2 aromatic rings. The summed E-state index contributed by atoms with van der Waals surface area (Å²) >= 11 is 0. The van der Waals surface area contributed by atoms with E-state index in [0.717, 1.165) is 5.82 Å². The molecule has 2 N–H and O–H groups in total. The van der Waals surface area contributed by atoms with Crippen LogP contribution >= 0.6 is 0 Å². The molecule has 0 radical (unpaired) electrons. The highest BCUT2D eigenvalue weighted by atomic mass is 16.6. The highest BCUT2D eigenvalue weighted by Crippen LogP contribution is 2.27. The molecule has 0 bridgehead atoms. The molecule has 94 valence electrons. The van der Waals surface area contributed by atoms with Gasteiger partial charge >= 0.3 is 0 Å². The van der Waals surface area contributed by atoms with Crippen LogP contribution in [0.3, 0.4) is 0 Å². The molecule has 18 heavy (non-hydrogen) atoms. The molecule has 2 rings (SSSR count). The van der Waals surface area contributed by atoms with E-state index in [-0.39, 0.29) is 10.6 Å². The van der Waals surface area contributed by atoms with E-state index in [1.165, 1.54) is 6.33 Å². The van der Waals surface area contributed by atoms with E-state index in [1.54, 1.807) is 25.1 Å². The number of hydrogen-bond acceptors (Lipinski definition) is 5. The highest BCUT2D eigenvalue weighted by Gasteiger charge is 2.16. The smallest absolute Gasteiger partial charge is 0.295 e. The molecule has 0 saturated heterocycles. The molecule has 0 saturated carbocycles. The van der Waals surface area contributed by atoms with Gasteiger partial charge in [-0.2, -0.15) is 5.10 Å². The summed E-state index contributed by atoms with van der Waals surface area (Å²) in [5.41, 5.74) is 1.29. The number of hydrogen-bond donors (Lipinski definition) is 2. The average molecular weight is 247 g/mol. The van der Waals surface area contributed by atoms with Gasteiger partial charge in [-0.3, -0.25) is 15.2 Å². The minimum Gasteiger partial charge on any atom is -0.379 e. The lowest BCUT2D eigenvalue weighted by Gasteiger charge is -2.07. The van der Waals surface area contributed by atoms with Gasteiger partial charge in [-0.1, -0.05) is 12.1 Å². The zero-order valence-electron chi connectivity index (χ0n) is 9.88. The maximum absolute atomic E-state index is 11.0. The quantitative estimate of drug-likeness (QED) is 0.618. The Kier molecular flexibility index (Phi) is 3.52. The fourth-order valence-corrected chi connectivity index (χ4v) is 1.71. The molecular formula is C11H13N5O2. The van der Waals surface area contributed by atoms with Crippen LogP contribution in [-0.2, 0) is 6.42 Å². The van der Waals surface area contributed by atoms with E-state index in [2.05, 4.69) is 20.5 Å². The first-order valence-corrected chi connectivity index (χ1v) is 5.50. The maximum Gasteiger partial charge on any atom is 0.295 e. The van der Waals surface area contributed by atoms with Gasteiger partial charge in [0.1, 0.15) is 17.8 Å². The van der Waals surface area contributed by atoms with Crippen LogP contribution in [0.2, 0.25) is 0 Å². The minimum atomic E-state index is -0.369. The summed E-state index contributed by atoms with van der Waals surface area (Å²) in [5.74, 6) is 0.748. The van der Waals surface area contributed by atoms with E-state index in [0.29, 0.717) is 24.2 Å². The number of aryl methyl sites for hydroxylation is 1. The number of aromatic nitrogens is 3. The van der Waals surface area contributed by atoms with Crippen LogP contribution in [0.15, 0.2) is 24.5 Å². The number of para-hydroxylation sites is 1. The van der Waals surface area contributed by atoms with Gasteiger partial charge in [-0.15, -0.1) is 0 Å². The number of anilines is 1. The van der Waals surface area contributed by atoms with Gasteiger partial charge in [0.05, 0.1) is 4.92 Å². The predicted molar refractivity (Wildman–Crippen MR) is 66.4 cm³/mol. The molecule has 0 aliphatic heterocycles. The first-order valence-electron chi connectivity index (χ1n) is 5.50. The zero-order valence-corrected chi connectivity index (χ0v) is 9.88. The normalized spacial score (nSPS) is 10.3. The van der Waals surface area contributed by atoms with Gasteiger partial charge in [0.25, 0.3) is 5.69 Å². The molecule has 0 amide bonds. The summed E-state index contributed by atoms with van der Waals surface area (Å²) < 4.78 is 0.